The Bertz CT molecular complexity index is 951. The second kappa shape index (κ2) is 6.48. The van der Waals surface area contributed by atoms with Crippen LogP contribution in [-0.4, -0.2) is 21.0 Å². The van der Waals surface area contributed by atoms with Gasteiger partial charge in [-0.1, -0.05) is 18.2 Å². The van der Waals surface area contributed by atoms with Crippen molar-refractivity contribution < 1.29 is 18.5 Å². The maximum atomic E-state index is 13.8. The van der Waals surface area contributed by atoms with E-state index in [2.05, 4.69) is 15.5 Å². The van der Waals surface area contributed by atoms with E-state index in [-0.39, 0.29) is 28.3 Å². The molecule has 9 heteroatoms. The lowest BCUT2D eigenvalue weighted by molar-refractivity contribution is -0.385. The van der Waals surface area contributed by atoms with Crippen LogP contribution in [0.4, 0.5) is 20.3 Å². The molecule has 0 radical (unpaired) electrons. The molecule has 25 heavy (non-hydrogen) atoms. The maximum absolute atomic E-state index is 13.8. The first kappa shape index (κ1) is 16.2. The van der Waals surface area contributed by atoms with Gasteiger partial charge < -0.3 is 5.32 Å². The Morgan fingerprint density at radius 2 is 1.80 bits per heavy atom. The van der Waals surface area contributed by atoms with Gasteiger partial charge in [0.1, 0.15) is 17.2 Å². The number of anilines is 1. The molecule has 1 heterocycles. The first-order valence-corrected chi connectivity index (χ1v) is 7.02. The highest BCUT2D eigenvalue weighted by Gasteiger charge is 2.20. The smallest absolute Gasteiger partial charge is 0.282 e. The fraction of sp³-hybridized carbons (Fsp3) is 0. The molecule has 0 unspecified atom stereocenters. The summed E-state index contributed by atoms with van der Waals surface area (Å²) in [5.74, 6) is -2.37. The number of nitrogens with zero attached hydrogens (tertiary/aromatic N) is 2. The Morgan fingerprint density at radius 3 is 2.48 bits per heavy atom. The molecule has 7 nitrogen and oxygen atoms in total. The Morgan fingerprint density at radius 1 is 1.12 bits per heavy atom. The lowest BCUT2D eigenvalue weighted by atomic mass is 10.1. The van der Waals surface area contributed by atoms with Gasteiger partial charge >= 0.3 is 0 Å². The largest absolute Gasteiger partial charge is 0.305 e. The summed E-state index contributed by atoms with van der Waals surface area (Å²) in [5.41, 5.74) is -0.820. The third-order valence-electron chi connectivity index (χ3n) is 3.40. The van der Waals surface area contributed by atoms with E-state index in [0.717, 1.165) is 12.1 Å². The third kappa shape index (κ3) is 3.20. The number of rotatable bonds is 4. The van der Waals surface area contributed by atoms with Gasteiger partial charge in [-0.2, -0.15) is 5.10 Å². The van der Waals surface area contributed by atoms with Crippen molar-refractivity contribution in [1.82, 2.24) is 10.2 Å². The molecule has 0 bridgehead atoms. The summed E-state index contributed by atoms with van der Waals surface area (Å²) in [5, 5.41) is 19.5. The lowest BCUT2D eigenvalue weighted by Crippen LogP contribution is -2.14. The minimum absolute atomic E-state index is 0.0217. The molecule has 3 rings (SSSR count). The van der Waals surface area contributed by atoms with Gasteiger partial charge in [0, 0.05) is 12.1 Å². The number of carbonyl (C=O) groups is 1. The Hall–Kier alpha value is -3.62. The summed E-state index contributed by atoms with van der Waals surface area (Å²) in [4.78, 5) is 22.5. The number of H-pyrrole nitrogens is 1. The average Bonchev–Trinajstić information content (AvgIpc) is 3.02. The topological polar surface area (TPSA) is 101 Å². The highest BCUT2D eigenvalue weighted by molar-refractivity contribution is 6.06. The highest BCUT2D eigenvalue weighted by atomic mass is 19.1. The number of carbonyl (C=O) groups excluding carboxylic acids is 1. The molecule has 0 aliphatic carbocycles. The number of benzene rings is 2. The van der Waals surface area contributed by atoms with E-state index in [0.29, 0.717) is 0 Å². The van der Waals surface area contributed by atoms with Crippen LogP contribution in [0.5, 0.6) is 0 Å². The van der Waals surface area contributed by atoms with Crippen molar-refractivity contribution in [2.45, 2.75) is 0 Å². The van der Waals surface area contributed by atoms with Gasteiger partial charge in [0.05, 0.1) is 16.2 Å². The van der Waals surface area contributed by atoms with Crippen molar-refractivity contribution in [3.8, 4) is 11.3 Å². The highest BCUT2D eigenvalue weighted by Crippen LogP contribution is 2.26. The van der Waals surface area contributed by atoms with E-state index in [9.17, 15) is 23.7 Å². The Kier molecular flexibility index (Phi) is 4.21. The molecular formula is C16H10F2N4O3. The number of nitro benzene ring substituents is 1. The van der Waals surface area contributed by atoms with Gasteiger partial charge in [-0.3, -0.25) is 20.0 Å². The lowest BCUT2D eigenvalue weighted by Gasteiger charge is -2.02. The summed E-state index contributed by atoms with van der Waals surface area (Å²) in [6.45, 7) is 0. The molecule has 1 amide bonds. The minimum atomic E-state index is -0.791. The molecular weight excluding hydrogens is 334 g/mol. The molecule has 0 fully saturated rings. The molecule has 0 atom stereocenters. The SMILES string of the molecule is O=C(Nc1cc(-c2c(F)cccc2F)[nH]n1)c1ccccc1[N+](=O)[O-]. The van der Waals surface area contributed by atoms with Crippen molar-refractivity contribution in [1.29, 1.82) is 0 Å². The zero-order valence-electron chi connectivity index (χ0n) is 12.5. The van der Waals surface area contributed by atoms with Crippen molar-refractivity contribution >= 4 is 17.4 Å². The van der Waals surface area contributed by atoms with Crippen LogP contribution in [0.3, 0.4) is 0 Å². The van der Waals surface area contributed by atoms with Gasteiger partial charge in [0.2, 0.25) is 0 Å². The number of hydrogen-bond donors (Lipinski definition) is 2. The van der Waals surface area contributed by atoms with Crippen LogP contribution in [0.25, 0.3) is 11.3 Å². The number of nitrogens with one attached hydrogen (secondary N) is 2. The average molecular weight is 344 g/mol. The number of halogens is 2. The first-order chi connectivity index (χ1) is 12.0. The van der Waals surface area contributed by atoms with E-state index in [1.54, 1.807) is 0 Å². The zero-order chi connectivity index (χ0) is 18.0. The van der Waals surface area contributed by atoms with Crippen LogP contribution in [0.1, 0.15) is 10.4 Å². The number of aromatic amines is 1. The minimum Gasteiger partial charge on any atom is -0.305 e. The van der Waals surface area contributed by atoms with Crippen LogP contribution in [0.2, 0.25) is 0 Å². The molecule has 2 N–H and O–H groups in total. The van der Waals surface area contributed by atoms with Gasteiger partial charge in [0.15, 0.2) is 5.82 Å². The summed E-state index contributed by atoms with van der Waals surface area (Å²) in [7, 11) is 0. The molecule has 3 aromatic rings. The van der Waals surface area contributed by atoms with Gasteiger partial charge in [-0.25, -0.2) is 8.78 Å². The maximum Gasteiger partial charge on any atom is 0.282 e. The summed E-state index contributed by atoms with van der Waals surface area (Å²) in [6, 6.07) is 10.0. The number of amides is 1. The first-order valence-electron chi connectivity index (χ1n) is 7.02. The predicted octanol–water partition coefficient (Wildman–Crippen LogP) is 3.52. The molecule has 0 spiro atoms. The monoisotopic (exact) mass is 344 g/mol. The van der Waals surface area contributed by atoms with E-state index in [1.165, 1.54) is 36.4 Å². The second-order valence-corrected chi connectivity index (χ2v) is 4.99. The summed E-state index contributed by atoms with van der Waals surface area (Å²) >= 11 is 0. The third-order valence-corrected chi connectivity index (χ3v) is 3.40. The van der Waals surface area contributed by atoms with E-state index in [4.69, 9.17) is 0 Å². The Balaban J connectivity index is 1.87. The van der Waals surface area contributed by atoms with Gasteiger partial charge in [0.25, 0.3) is 11.6 Å². The van der Waals surface area contributed by atoms with E-state index < -0.39 is 22.5 Å². The molecule has 1 aromatic heterocycles. The van der Waals surface area contributed by atoms with Gasteiger partial charge in [-0.15, -0.1) is 0 Å². The number of aromatic nitrogens is 2. The van der Waals surface area contributed by atoms with Crippen LogP contribution in [0, 0.1) is 21.7 Å². The number of hydrogen-bond acceptors (Lipinski definition) is 4. The van der Waals surface area contributed by atoms with Crippen LogP contribution >= 0.6 is 0 Å². The molecule has 0 aliphatic rings. The Labute approximate surface area is 139 Å². The van der Waals surface area contributed by atoms with Crippen LogP contribution in [0.15, 0.2) is 48.5 Å². The molecule has 126 valence electrons. The fourth-order valence-corrected chi connectivity index (χ4v) is 2.28. The number of para-hydroxylation sites is 1. The van der Waals surface area contributed by atoms with Crippen LogP contribution in [-0.2, 0) is 0 Å². The molecule has 2 aromatic carbocycles. The molecule has 0 saturated carbocycles. The second-order valence-electron chi connectivity index (χ2n) is 4.99. The van der Waals surface area contributed by atoms with Crippen molar-refractivity contribution in [3.05, 3.63) is 75.8 Å². The van der Waals surface area contributed by atoms with Crippen LogP contribution < -0.4 is 5.32 Å². The predicted molar refractivity (Wildman–Crippen MR) is 85.0 cm³/mol. The van der Waals surface area contributed by atoms with E-state index >= 15 is 0 Å². The van der Waals surface area contributed by atoms with Crippen molar-refractivity contribution in [2.75, 3.05) is 5.32 Å². The standard InChI is InChI=1S/C16H10F2N4O3/c17-10-5-3-6-11(18)15(10)12-8-14(21-20-12)19-16(23)9-4-1-2-7-13(9)22(24)25/h1-8H,(H2,19,20,21,23). The quantitative estimate of drug-likeness (QED) is 0.558. The fourth-order valence-electron chi connectivity index (χ4n) is 2.28. The molecule has 0 aliphatic heterocycles. The van der Waals surface area contributed by atoms with Crippen molar-refractivity contribution in [3.63, 3.8) is 0 Å². The normalized spacial score (nSPS) is 10.5. The zero-order valence-corrected chi connectivity index (χ0v) is 12.5. The summed E-state index contributed by atoms with van der Waals surface area (Å²) < 4.78 is 27.5. The van der Waals surface area contributed by atoms with Gasteiger partial charge in [-0.05, 0) is 18.2 Å². The van der Waals surface area contributed by atoms with E-state index in [1.807, 2.05) is 0 Å². The number of nitro groups is 1. The molecule has 0 saturated heterocycles. The van der Waals surface area contributed by atoms with Crippen molar-refractivity contribution in [2.24, 2.45) is 0 Å². The summed E-state index contributed by atoms with van der Waals surface area (Å²) in [6.07, 6.45) is 0.